The summed E-state index contributed by atoms with van der Waals surface area (Å²) >= 11 is 0. The van der Waals surface area contributed by atoms with Crippen LogP contribution in [-0.4, -0.2) is 29.6 Å². The molecule has 0 aliphatic heterocycles. The molecule has 0 atom stereocenters. The highest BCUT2D eigenvalue weighted by molar-refractivity contribution is 5.94. The second kappa shape index (κ2) is 7.58. The van der Waals surface area contributed by atoms with Crippen LogP contribution in [0.25, 0.3) is 0 Å². The largest absolute Gasteiger partial charge is 0.493 e. The molecule has 0 aliphatic rings. The SMILES string of the molecule is CCOc1ccc(CNC(=O)c2cnc(C)nc2C)cc1OC. The van der Waals surface area contributed by atoms with Crippen molar-refractivity contribution in [2.75, 3.05) is 13.7 Å². The summed E-state index contributed by atoms with van der Waals surface area (Å²) < 4.78 is 10.8. The van der Waals surface area contributed by atoms with Gasteiger partial charge in [0, 0.05) is 12.7 Å². The Labute approximate surface area is 135 Å². The van der Waals surface area contributed by atoms with Crippen molar-refractivity contribution in [3.8, 4) is 11.5 Å². The quantitative estimate of drug-likeness (QED) is 0.886. The van der Waals surface area contributed by atoms with Gasteiger partial charge >= 0.3 is 0 Å². The van der Waals surface area contributed by atoms with Crippen molar-refractivity contribution >= 4 is 5.91 Å². The van der Waals surface area contributed by atoms with E-state index in [9.17, 15) is 4.79 Å². The minimum atomic E-state index is -0.199. The summed E-state index contributed by atoms with van der Waals surface area (Å²) in [5.74, 6) is 1.78. The molecule has 1 heterocycles. The lowest BCUT2D eigenvalue weighted by Crippen LogP contribution is -2.24. The number of hydrogen-bond donors (Lipinski definition) is 1. The Kier molecular flexibility index (Phi) is 5.51. The van der Waals surface area contributed by atoms with E-state index >= 15 is 0 Å². The standard InChI is InChI=1S/C17H21N3O3/c1-5-23-15-7-6-13(8-16(15)22-4)9-19-17(21)14-10-18-12(3)20-11(14)2/h6-8,10H,5,9H2,1-4H3,(H,19,21). The van der Waals surface area contributed by atoms with Crippen molar-refractivity contribution in [1.82, 2.24) is 15.3 Å². The summed E-state index contributed by atoms with van der Waals surface area (Å²) in [5, 5.41) is 2.86. The first-order valence-corrected chi connectivity index (χ1v) is 7.43. The van der Waals surface area contributed by atoms with Gasteiger partial charge in [0.05, 0.1) is 25.0 Å². The van der Waals surface area contributed by atoms with Crippen LogP contribution in [0.4, 0.5) is 0 Å². The lowest BCUT2D eigenvalue weighted by molar-refractivity contribution is 0.0949. The third kappa shape index (κ3) is 4.18. The fourth-order valence-corrected chi connectivity index (χ4v) is 2.18. The molecule has 1 amide bonds. The van der Waals surface area contributed by atoms with Gasteiger partial charge in [0.25, 0.3) is 5.91 Å². The van der Waals surface area contributed by atoms with Gasteiger partial charge in [-0.05, 0) is 38.5 Å². The first-order chi connectivity index (χ1) is 11.0. The van der Waals surface area contributed by atoms with Gasteiger partial charge in [-0.3, -0.25) is 4.79 Å². The topological polar surface area (TPSA) is 73.3 Å². The molecule has 0 bridgehead atoms. The Balaban J connectivity index is 2.06. The molecule has 2 rings (SSSR count). The Morgan fingerprint density at radius 2 is 2.04 bits per heavy atom. The van der Waals surface area contributed by atoms with E-state index in [4.69, 9.17) is 9.47 Å². The lowest BCUT2D eigenvalue weighted by atomic mass is 10.2. The molecule has 0 unspecified atom stereocenters. The maximum atomic E-state index is 12.2. The van der Waals surface area contributed by atoms with E-state index in [0.717, 1.165) is 5.56 Å². The Morgan fingerprint density at radius 1 is 1.26 bits per heavy atom. The van der Waals surface area contributed by atoms with E-state index in [2.05, 4.69) is 15.3 Å². The third-order valence-corrected chi connectivity index (χ3v) is 3.33. The maximum Gasteiger partial charge on any atom is 0.254 e. The van der Waals surface area contributed by atoms with Crippen molar-refractivity contribution in [2.45, 2.75) is 27.3 Å². The van der Waals surface area contributed by atoms with Crippen molar-refractivity contribution in [1.29, 1.82) is 0 Å². The summed E-state index contributed by atoms with van der Waals surface area (Å²) in [6.07, 6.45) is 1.55. The van der Waals surface area contributed by atoms with Crippen LogP contribution in [0.1, 0.15) is 34.4 Å². The number of amides is 1. The van der Waals surface area contributed by atoms with Crippen LogP contribution in [0.2, 0.25) is 0 Å². The number of ether oxygens (including phenoxy) is 2. The highest BCUT2D eigenvalue weighted by Crippen LogP contribution is 2.27. The van der Waals surface area contributed by atoms with Crippen LogP contribution >= 0.6 is 0 Å². The summed E-state index contributed by atoms with van der Waals surface area (Å²) in [5.41, 5.74) is 2.07. The van der Waals surface area contributed by atoms with E-state index in [1.54, 1.807) is 27.2 Å². The van der Waals surface area contributed by atoms with Crippen LogP contribution in [0.3, 0.4) is 0 Å². The Bertz CT molecular complexity index is 701. The average molecular weight is 315 g/mol. The monoisotopic (exact) mass is 315 g/mol. The first kappa shape index (κ1) is 16.7. The molecule has 0 saturated carbocycles. The highest BCUT2D eigenvalue weighted by atomic mass is 16.5. The molecule has 0 spiro atoms. The minimum absolute atomic E-state index is 0.199. The van der Waals surface area contributed by atoms with Crippen LogP contribution in [0.5, 0.6) is 11.5 Å². The van der Waals surface area contributed by atoms with E-state index in [0.29, 0.717) is 41.7 Å². The zero-order chi connectivity index (χ0) is 16.8. The van der Waals surface area contributed by atoms with Crippen molar-refractivity contribution in [3.05, 3.63) is 47.0 Å². The van der Waals surface area contributed by atoms with E-state index < -0.39 is 0 Å². The number of nitrogens with one attached hydrogen (secondary N) is 1. The number of carbonyl (C=O) groups excluding carboxylic acids is 1. The summed E-state index contributed by atoms with van der Waals surface area (Å²) in [4.78, 5) is 20.5. The molecule has 1 N–H and O–H groups in total. The summed E-state index contributed by atoms with van der Waals surface area (Å²) in [6.45, 7) is 6.46. The zero-order valence-corrected chi connectivity index (χ0v) is 13.8. The number of aryl methyl sites for hydroxylation is 2. The molecule has 1 aromatic carbocycles. The van der Waals surface area contributed by atoms with Crippen LogP contribution in [0.15, 0.2) is 24.4 Å². The van der Waals surface area contributed by atoms with Gasteiger partial charge < -0.3 is 14.8 Å². The van der Waals surface area contributed by atoms with Crippen molar-refractivity contribution in [2.24, 2.45) is 0 Å². The van der Waals surface area contributed by atoms with Gasteiger partial charge in [0.1, 0.15) is 5.82 Å². The van der Waals surface area contributed by atoms with Gasteiger partial charge in [0.15, 0.2) is 11.5 Å². The van der Waals surface area contributed by atoms with Crippen LogP contribution < -0.4 is 14.8 Å². The summed E-state index contributed by atoms with van der Waals surface area (Å²) in [7, 11) is 1.59. The first-order valence-electron chi connectivity index (χ1n) is 7.43. The molecule has 0 aliphatic carbocycles. The fraction of sp³-hybridized carbons (Fsp3) is 0.353. The number of carbonyl (C=O) groups is 1. The van der Waals surface area contributed by atoms with E-state index in [1.165, 1.54) is 0 Å². The number of aromatic nitrogens is 2. The molecule has 0 fully saturated rings. The Hall–Kier alpha value is -2.63. The molecular formula is C17H21N3O3. The predicted octanol–water partition coefficient (Wildman–Crippen LogP) is 2.43. The number of methoxy groups -OCH3 is 1. The van der Waals surface area contributed by atoms with E-state index in [1.807, 2.05) is 25.1 Å². The van der Waals surface area contributed by atoms with Crippen molar-refractivity contribution in [3.63, 3.8) is 0 Å². The number of nitrogens with zero attached hydrogens (tertiary/aromatic N) is 2. The minimum Gasteiger partial charge on any atom is -0.493 e. The van der Waals surface area contributed by atoms with Gasteiger partial charge in [-0.2, -0.15) is 0 Å². The fourth-order valence-electron chi connectivity index (χ4n) is 2.18. The number of hydrogen-bond acceptors (Lipinski definition) is 5. The molecule has 6 heteroatoms. The third-order valence-electron chi connectivity index (χ3n) is 3.33. The van der Waals surface area contributed by atoms with E-state index in [-0.39, 0.29) is 5.91 Å². The molecule has 0 radical (unpaired) electrons. The molecular weight excluding hydrogens is 294 g/mol. The number of rotatable bonds is 6. The molecule has 1 aromatic heterocycles. The Morgan fingerprint density at radius 3 is 2.70 bits per heavy atom. The lowest BCUT2D eigenvalue weighted by Gasteiger charge is -2.12. The zero-order valence-electron chi connectivity index (χ0n) is 13.8. The highest BCUT2D eigenvalue weighted by Gasteiger charge is 2.11. The number of benzene rings is 1. The summed E-state index contributed by atoms with van der Waals surface area (Å²) in [6, 6.07) is 5.58. The smallest absolute Gasteiger partial charge is 0.254 e. The van der Waals surface area contributed by atoms with Gasteiger partial charge in [-0.1, -0.05) is 6.07 Å². The van der Waals surface area contributed by atoms with Crippen LogP contribution in [-0.2, 0) is 6.54 Å². The molecule has 23 heavy (non-hydrogen) atoms. The van der Waals surface area contributed by atoms with Crippen molar-refractivity contribution < 1.29 is 14.3 Å². The van der Waals surface area contributed by atoms with Crippen LogP contribution in [0, 0.1) is 13.8 Å². The molecule has 6 nitrogen and oxygen atoms in total. The molecule has 2 aromatic rings. The average Bonchev–Trinajstić information content (AvgIpc) is 2.53. The second-order valence-corrected chi connectivity index (χ2v) is 5.02. The normalized spacial score (nSPS) is 10.3. The second-order valence-electron chi connectivity index (χ2n) is 5.02. The molecule has 122 valence electrons. The maximum absolute atomic E-state index is 12.2. The van der Waals surface area contributed by atoms with Gasteiger partial charge in [0.2, 0.25) is 0 Å². The van der Waals surface area contributed by atoms with Gasteiger partial charge in [-0.15, -0.1) is 0 Å². The predicted molar refractivity (Wildman–Crippen MR) is 86.8 cm³/mol. The molecule has 0 saturated heterocycles. The van der Waals surface area contributed by atoms with Gasteiger partial charge in [-0.25, -0.2) is 9.97 Å².